The maximum Gasteiger partial charge on any atom is 0.246 e. The summed E-state index contributed by atoms with van der Waals surface area (Å²) in [4.78, 5) is 46.0. The Morgan fingerprint density at radius 1 is 1.05 bits per heavy atom. The van der Waals surface area contributed by atoms with Crippen molar-refractivity contribution in [3.8, 4) is 0 Å². The van der Waals surface area contributed by atoms with Crippen molar-refractivity contribution in [3.63, 3.8) is 0 Å². The molecule has 41 heavy (non-hydrogen) atoms. The van der Waals surface area contributed by atoms with Crippen LogP contribution in [0.3, 0.4) is 0 Å². The maximum absolute atomic E-state index is 14.2. The predicted molar refractivity (Wildman–Crippen MR) is 156 cm³/mol. The first-order valence-corrected chi connectivity index (χ1v) is 15.5. The van der Waals surface area contributed by atoms with E-state index in [-0.39, 0.29) is 23.8 Å². The molecule has 2 N–H and O–H groups in total. The molecule has 1 spiro atoms. The molecule has 4 fully saturated rings. The maximum atomic E-state index is 14.2. The second-order valence-corrected chi connectivity index (χ2v) is 13.1. The molecular formula is C30H38Cl2N4O5. The summed E-state index contributed by atoms with van der Waals surface area (Å²) >= 11 is 12.3. The number of hydrogen-bond donors (Lipinski definition) is 2. The van der Waals surface area contributed by atoms with Crippen LogP contribution in [-0.4, -0.2) is 90.7 Å². The molecule has 2 bridgehead atoms. The zero-order valence-corrected chi connectivity index (χ0v) is 25.0. The Bertz CT molecular complexity index is 1220. The van der Waals surface area contributed by atoms with E-state index in [4.69, 9.17) is 32.7 Å². The molecule has 4 aliphatic heterocycles. The first-order valence-electron chi connectivity index (χ1n) is 14.7. The normalized spacial score (nSPS) is 36.4. The van der Waals surface area contributed by atoms with Crippen LogP contribution in [0.1, 0.15) is 33.1 Å². The van der Waals surface area contributed by atoms with E-state index in [0.717, 1.165) is 32.4 Å². The van der Waals surface area contributed by atoms with Gasteiger partial charge in [0.2, 0.25) is 17.7 Å². The lowest BCUT2D eigenvalue weighted by atomic mass is 9.73. The van der Waals surface area contributed by atoms with Crippen LogP contribution in [0.4, 0.5) is 5.69 Å². The van der Waals surface area contributed by atoms with E-state index in [1.165, 1.54) is 0 Å². The Balaban J connectivity index is 1.28. The van der Waals surface area contributed by atoms with Crippen molar-refractivity contribution in [3.05, 3.63) is 40.4 Å². The number of anilines is 1. The molecule has 4 heterocycles. The minimum atomic E-state index is -1.20. The number of benzene rings is 1. The molecule has 0 aromatic heterocycles. The smallest absolute Gasteiger partial charge is 0.246 e. The van der Waals surface area contributed by atoms with Crippen LogP contribution in [0, 0.1) is 23.7 Å². The summed E-state index contributed by atoms with van der Waals surface area (Å²) in [7, 11) is 0. The highest BCUT2D eigenvalue weighted by Crippen LogP contribution is 2.55. The van der Waals surface area contributed by atoms with E-state index in [9.17, 15) is 14.4 Å². The number of fused-ring (bicyclic) bond motifs is 1. The summed E-state index contributed by atoms with van der Waals surface area (Å²) < 4.78 is 12.0. The highest BCUT2D eigenvalue weighted by Gasteiger charge is 2.72. The van der Waals surface area contributed by atoms with E-state index in [1.807, 2.05) is 12.2 Å². The fourth-order valence-electron chi connectivity index (χ4n) is 7.48. The van der Waals surface area contributed by atoms with E-state index >= 15 is 0 Å². The van der Waals surface area contributed by atoms with E-state index in [2.05, 4.69) is 29.4 Å². The molecule has 5 aliphatic rings. The molecule has 1 aliphatic carbocycles. The lowest BCUT2D eigenvalue weighted by Crippen LogP contribution is -2.58. The molecule has 5 unspecified atom stereocenters. The van der Waals surface area contributed by atoms with Crippen molar-refractivity contribution < 1.29 is 23.9 Å². The summed E-state index contributed by atoms with van der Waals surface area (Å²) in [5.41, 5.74) is -0.758. The third kappa shape index (κ3) is 5.29. The van der Waals surface area contributed by atoms with Crippen LogP contribution in [0.25, 0.3) is 0 Å². The number of nitrogens with zero attached hydrogens (tertiary/aromatic N) is 2. The number of carbonyl (C=O) groups excluding carboxylic acids is 3. The number of rotatable bonds is 7. The lowest BCUT2D eigenvalue weighted by Gasteiger charge is -2.38. The second kappa shape index (κ2) is 11.5. The third-order valence-electron chi connectivity index (χ3n) is 9.85. The van der Waals surface area contributed by atoms with Crippen molar-refractivity contribution >= 4 is 46.6 Å². The van der Waals surface area contributed by atoms with Gasteiger partial charge in [-0.05, 0) is 36.5 Å². The van der Waals surface area contributed by atoms with E-state index in [1.54, 1.807) is 23.1 Å². The van der Waals surface area contributed by atoms with Crippen molar-refractivity contribution in [2.24, 2.45) is 23.7 Å². The molecule has 3 saturated heterocycles. The van der Waals surface area contributed by atoms with Gasteiger partial charge in [-0.1, -0.05) is 62.0 Å². The molecule has 1 aromatic carbocycles. The molecule has 8 atom stereocenters. The zero-order chi connectivity index (χ0) is 28.9. The van der Waals surface area contributed by atoms with Gasteiger partial charge in [-0.2, -0.15) is 0 Å². The standard InChI is InChI=1S/C30H38Cl2N4O5/c1-17-4-3-5-22(18(17)2)34-28(38)26-30-7-6-23(41-30)24(27(37)33-21-15-19(31)14-20(32)16-21)25(30)29(39)36(26)9-8-35-10-12-40-13-11-35/h6-7,14-18,22-26H,3-5,8-13H2,1-2H3,(H,33,37)(H,34,38)/t17?,18?,22?,23-,24?,25-,26?,30+/m1/s1. The first-order chi connectivity index (χ1) is 19.7. The van der Waals surface area contributed by atoms with Crippen LogP contribution in [0.2, 0.25) is 10.0 Å². The van der Waals surface area contributed by atoms with Gasteiger partial charge in [0.05, 0.1) is 31.2 Å². The van der Waals surface area contributed by atoms with Gasteiger partial charge in [-0.25, -0.2) is 0 Å². The Morgan fingerprint density at radius 2 is 1.78 bits per heavy atom. The van der Waals surface area contributed by atoms with Crippen LogP contribution in [-0.2, 0) is 23.9 Å². The molecule has 9 nitrogen and oxygen atoms in total. The number of carbonyl (C=O) groups is 3. The first kappa shape index (κ1) is 28.9. The van der Waals surface area contributed by atoms with Gasteiger partial charge in [0.1, 0.15) is 11.6 Å². The molecule has 6 rings (SSSR count). The average molecular weight is 606 g/mol. The Kier molecular flexibility index (Phi) is 8.11. The number of hydrogen-bond acceptors (Lipinski definition) is 6. The number of halogens is 2. The van der Waals surface area contributed by atoms with Gasteiger partial charge in [0.25, 0.3) is 0 Å². The molecule has 0 radical (unpaired) electrons. The molecule has 1 aromatic rings. The summed E-state index contributed by atoms with van der Waals surface area (Å²) in [6.07, 6.45) is 6.19. The van der Waals surface area contributed by atoms with Gasteiger partial charge in [0.15, 0.2) is 0 Å². The van der Waals surface area contributed by atoms with Crippen molar-refractivity contribution in [1.29, 1.82) is 0 Å². The van der Waals surface area contributed by atoms with Gasteiger partial charge in [0, 0.05) is 48.0 Å². The summed E-state index contributed by atoms with van der Waals surface area (Å²) in [6.45, 7) is 8.23. The van der Waals surface area contributed by atoms with Crippen molar-refractivity contribution in [1.82, 2.24) is 15.1 Å². The minimum Gasteiger partial charge on any atom is -0.379 e. The van der Waals surface area contributed by atoms with Crippen LogP contribution in [0.15, 0.2) is 30.4 Å². The van der Waals surface area contributed by atoms with Crippen LogP contribution in [0.5, 0.6) is 0 Å². The molecule has 1 saturated carbocycles. The monoisotopic (exact) mass is 604 g/mol. The summed E-state index contributed by atoms with van der Waals surface area (Å²) in [6, 6.07) is 3.98. The fourth-order valence-corrected chi connectivity index (χ4v) is 8.01. The molecule has 222 valence electrons. The topological polar surface area (TPSA) is 100 Å². The van der Waals surface area contributed by atoms with E-state index in [0.29, 0.717) is 53.9 Å². The molecule has 11 heteroatoms. The highest BCUT2D eigenvalue weighted by atomic mass is 35.5. The van der Waals surface area contributed by atoms with Gasteiger partial charge < -0.3 is 25.0 Å². The fraction of sp³-hybridized carbons (Fsp3) is 0.633. The highest BCUT2D eigenvalue weighted by molar-refractivity contribution is 6.35. The number of likely N-dealkylation sites (tertiary alicyclic amines) is 1. The van der Waals surface area contributed by atoms with E-state index < -0.39 is 29.6 Å². The Labute approximate surface area is 250 Å². The van der Waals surface area contributed by atoms with Crippen LogP contribution >= 0.6 is 23.2 Å². The van der Waals surface area contributed by atoms with Gasteiger partial charge >= 0.3 is 0 Å². The van der Waals surface area contributed by atoms with Gasteiger partial charge in [-0.3, -0.25) is 19.3 Å². The number of ether oxygens (including phenoxy) is 2. The summed E-state index contributed by atoms with van der Waals surface area (Å²) in [5.74, 6) is -1.55. The predicted octanol–water partition coefficient (Wildman–Crippen LogP) is 3.36. The van der Waals surface area contributed by atoms with Crippen molar-refractivity contribution in [2.45, 2.75) is 56.9 Å². The Hall–Kier alpha value is -2.17. The quantitative estimate of drug-likeness (QED) is 0.463. The molecule has 3 amide bonds. The average Bonchev–Trinajstić information content (AvgIpc) is 3.57. The number of morpholine rings is 1. The third-order valence-corrected chi connectivity index (χ3v) is 10.3. The minimum absolute atomic E-state index is 0.0344. The molecular weight excluding hydrogens is 567 g/mol. The number of amides is 3. The second-order valence-electron chi connectivity index (χ2n) is 12.2. The number of nitrogens with one attached hydrogen (secondary N) is 2. The largest absolute Gasteiger partial charge is 0.379 e. The summed E-state index contributed by atoms with van der Waals surface area (Å²) in [5, 5.41) is 6.97. The van der Waals surface area contributed by atoms with Gasteiger partial charge in [-0.15, -0.1) is 0 Å². The van der Waals surface area contributed by atoms with Crippen molar-refractivity contribution in [2.75, 3.05) is 44.7 Å². The lowest BCUT2D eigenvalue weighted by molar-refractivity contribution is -0.142. The van der Waals surface area contributed by atoms with Crippen LogP contribution < -0.4 is 10.6 Å². The zero-order valence-electron chi connectivity index (χ0n) is 23.5. The SMILES string of the molecule is CC1CCCC(NC(=O)C2N(CCN3CCOCC3)C(=O)[C@H]3C(C(=O)Nc4cc(Cl)cc(Cl)c4)[C@H]4C=C[C@@]23O4)C1C. The Morgan fingerprint density at radius 3 is 2.51 bits per heavy atom.